The number of halogens is 1. The van der Waals surface area contributed by atoms with Gasteiger partial charge < -0.3 is 10.1 Å². The largest absolute Gasteiger partial charge is 0.452 e. The maximum absolute atomic E-state index is 12.0. The molecule has 5 heteroatoms. The Hall–Kier alpha value is -2.14. The Kier molecular flexibility index (Phi) is 5.93. The van der Waals surface area contributed by atoms with Gasteiger partial charge in [-0.2, -0.15) is 0 Å². The summed E-state index contributed by atoms with van der Waals surface area (Å²) in [5, 5.41) is 2.78. The second kappa shape index (κ2) is 7.92. The van der Waals surface area contributed by atoms with E-state index in [2.05, 4.69) is 35.1 Å². The molecule has 1 amide bonds. The molecule has 0 fully saturated rings. The summed E-state index contributed by atoms with van der Waals surface area (Å²) in [6.45, 7) is 3.79. The first-order valence-electron chi connectivity index (χ1n) is 7.29. The SMILES string of the molecule is CC(C)c1ccccc1NC(=O)COC(=O)c1cccc(Br)c1. The lowest BCUT2D eigenvalue weighted by molar-refractivity contribution is -0.119. The average Bonchev–Trinajstić information content (AvgIpc) is 2.53. The minimum absolute atomic E-state index is 0.288. The van der Waals surface area contributed by atoms with Gasteiger partial charge in [0.15, 0.2) is 6.61 Å². The number of carbonyl (C=O) groups is 2. The Morgan fingerprint density at radius 2 is 1.87 bits per heavy atom. The fourth-order valence-electron chi connectivity index (χ4n) is 2.13. The van der Waals surface area contributed by atoms with Gasteiger partial charge in [-0.3, -0.25) is 4.79 Å². The molecule has 0 aliphatic carbocycles. The van der Waals surface area contributed by atoms with Crippen molar-refractivity contribution in [2.75, 3.05) is 11.9 Å². The minimum atomic E-state index is -0.529. The van der Waals surface area contributed by atoms with Crippen molar-refractivity contribution in [2.24, 2.45) is 0 Å². The van der Waals surface area contributed by atoms with Crippen molar-refractivity contribution >= 4 is 33.5 Å². The van der Waals surface area contributed by atoms with Crippen molar-refractivity contribution in [3.05, 3.63) is 64.1 Å². The highest BCUT2D eigenvalue weighted by molar-refractivity contribution is 9.10. The number of para-hydroxylation sites is 1. The number of anilines is 1. The van der Waals surface area contributed by atoms with E-state index in [9.17, 15) is 9.59 Å². The highest BCUT2D eigenvalue weighted by Crippen LogP contribution is 2.23. The van der Waals surface area contributed by atoms with Crippen LogP contribution in [0, 0.1) is 0 Å². The third kappa shape index (κ3) is 4.93. The summed E-state index contributed by atoms with van der Waals surface area (Å²) in [5.41, 5.74) is 2.18. The van der Waals surface area contributed by atoms with Crippen LogP contribution in [0.3, 0.4) is 0 Å². The summed E-state index contributed by atoms with van der Waals surface area (Å²) in [6, 6.07) is 14.4. The smallest absolute Gasteiger partial charge is 0.338 e. The standard InChI is InChI=1S/C18H18BrNO3/c1-12(2)15-8-3-4-9-16(15)20-17(21)11-23-18(22)13-6-5-7-14(19)10-13/h3-10,12H,11H2,1-2H3,(H,20,21). The molecule has 0 atom stereocenters. The first kappa shape index (κ1) is 17.2. The highest BCUT2D eigenvalue weighted by Gasteiger charge is 2.12. The van der Waals surface area contributed by atoms with Crippen molar-refractivity contribution in [3.8, 4) is 0 Å². The molecule has 0 saturated carbocycles. The monoisotopic (exact) mass is 375 g/mol. The van der Waals surface area contributed by atoms with Crippen molar-refractivity contribution in [2.45, 2.75) is 19.8 Å². The number of hydrogen-bond acceptors (Lipinski definition) is 3. The van der Waals surface area contributed by atoms with Gasteiger partial charge in [0.25, 0.3) is 5.91 Å². The maximum atomic E-state index is 12.0. The topological polar surface area (TPSA) is 55.4 Å². The number of ether oxygens (including phenoxy) is 1. The molecule has 2 aromatic rings. The maximum Gasteiger partial charge on any atom is 0.338 e. The first-order chi connectivity index (χ1) is 11.0. The van der Waals surface area contributed by atoms with Crippen LogP contribution in [0.5, 0.6) is 0 Å². The number of carbonyl (C=O) groups excluding carboxylic acids is 2. The van der Waals surface area contributed by atoms with Gasteiger partial charge in [0, 0.05) is 10.2 Å². The fourth-order valence-corrected chi connectivity index (χ4v) is 2.53. The zero-order valence-electron chi connectivity index (χ0n) is 13.0. The van der Waals surface area contributed by atoms with Gasteiger partial charge in [0.2, 0.25) is 0 Å². The molecule has 0 bridgehead atoms. The molecule has 0 aliphatic heterocycles. The predicted molar refractivity (Wildman–Crippen MR) is 93.6 cm³/mol. The van der Waals surface area contributed by atoms with Crippen LogP contribution in [-0.4, -0.2) is 18.5 Å². The van der Waals surface area contributed by atoms with Crippen LogP contribution in [0.25, 0.3) is 0 Å². The summed E-state index contributed by atoms with van der Waals surface area (Å²) in [7, 11) is 0. The quantitative estimate of drug-likeness (QED) is 0.789. The number of amides is 1. The van der Waals surface area contributed by atoms with Crippen LogP contribution in [-0.2, 0) is 9.53 Å². The van der Waals surface area contributed by atoms with Gasteiger partial charge >= 0.3 is 5.97 Å². The van der Waals surface area contributed by atoms with Crippen LogP contribution >= 0.6 is 15.9 Å². The van der Waals surface area contributed by atoms with E-state index in [0.29, 0.717) is 5.56 Å². The van der Waals surface area contributed by atoms with E-state index in [-0.39, 0.29) is 18.4 Å². The van der Waals surface area contributed by atoms with Crippen LogP contribution in [0.4, 0.5) is 5.69 Å². The van der Waals surface area contributed by atoms with Gasteiger partial charge in [-0.25, -0.2) is 4.79 Å². The Bertz CT molecular complexity index is 713. The lowest BCUT2D eigenvalue weighted by Gasteiger charge is -2.13. The molecule has 1 N–H and O–H groups in total. The number of nitrogens with one attached hydrogen (secondary N) is 1. The second-order valence-corrected chi connectivity index (χ2v) is 6.29. The molecule has 0 aliphatic rings. The Morgan fingerprint density at radius 3 is 2.57 bits per heavy atom. The first-order valence-corrected chi connectivity index (χ1v) is 8.08. The van der Waals surface area contributed by atoms with Crippen LogP contribution < -0.4 is 5.32 Å². The Labute approximate surface area is 144 Å². The van der Waals surface area contributed by atoms with Crippen molar-refractivity contribution in [1.82, 2.24) is 0 Å². The lowest BCUT2D eigenvalue weighted by atomic mass is 10.0. The summed E-state index contributed by atoms with van der Waals surface area (Å²) >= 11 is 3.29. The number of hydrogen-bond donors (Lipinski definition) is 1. The number of rotatable bonds is 5. The third-order valence-corrected chi connectivity index (χ3v) is 3.74. The molecule has 2 rings (SSSR count). The molecule has 0 aromatic heterocycles. The Balaban J connectivity index is 1.94. The van der Waals surface area contributed by atoms with E-state index >= 15 is 0 Å². The van der Waals surface area contributed by atoms with Crippen LogP contribution in [0.2, 0.25) is 0 Å². The predicted octanol–water partition coefficient (Wildman–Crippen LogP) is 4.37. The molecule has 0 saturated heterocycles. The molecule has 0 unspecified atom stereocenters. The van der Waals surface area contributed by atoms with Gasteiger partial charge in [0.05, 0.1) is 5.56 Å². The molecule has 0 heterocycles. The van der Waals surface area contributed by atoms with Crippen LogP contribution in [0.15, 0.2) is 53.0 Å². The molecule has 4 nitrogen and oxygen atoms in total. The van der Waals surface area contributed by atoms with Gasteiger partial charge in [-0.05, 0) is 35.7 Å². The zero-order chi connectivity index (χ0) is 16.8. The zero-order valence-corrected chi connectivity index (χ0v) is 14.6. The van der Waals surface area contributed by atoms with Crippen LogP contribution in [0.1, 0.15) is 35.7 Å². The molecule has 120 valence electrons. The summed E-state index contributed by atoms with van der Waals surface area (Å²) in [5.74, 6) is -0.601. The van der Waals surface area contributed by atoms with E-state index < -0.39 is 5.97 Å². The summed E-state index contributed by atoms with van der Waals surface area (Å²) in [4.78, 5) is 23.9. The summed E-state index contributed by atoms with van der Waals surface area (Å²) in [6.07, 6.45) is 0. The minimum Gasteiger partial charge on any atom is -0.452 e. The molecular weight excluding hydrogens is 358 g/mol. The fraction of sp³-hybridized carbons (Fsp3) is 0.222. The molecule has 2 aromatic carbocycles. The third-order valence-electron chi connectivity index (χ3n) is 3.25. The van der Waals surface area contributed by atoms with Crippen molar-refractivity contribution in [1.29, 1.82) is 0 Å². The summed E-state index contributed by atoms with van der Waals surface area (Å²) < 4.78 is 5.83. The highest BCUT2D eigenvalue weighted by atomic mass is 79.9. The van der Waals surface area contributed by atoms with E-state index in [0.717, 1.165) is 15.7 Å². The van der Waals surface area contributed by atoms with Crippen molar-refractivity contribution < 1.29 is 14.3 Å². The molecular formula is C18H18BrNO3. The molecule has 0 spiro atoms. The van der Waals surface area contributed by atoms with Gasteiger partial charge in [-0.1, -0.05) is 54.0 Å². The van der Waals surface area contributed by atoms with E-state index in [1.54, 1.807) is 18.2 Å². The van der Waals surface area contributed by atoms with Crippen molar-refractivity contribution in [3.63, 3.8) is 0 Å². The average molecular weight is 376 g/mol. The normalized spacial score (nSPS) is 10.4. The van der Waals surface area contributed by atoms with Gasteiger partial charge in [0.1, 0.15) is 0 Å². The molecule has 0 radical (unpaired) electrons. The van der Waals surface area contributed by atoms with E-state index in [4.69, 9.17) is 4.74 Å². The molecule has 23 heavy (non-hydrogen) atoms. The number of esters is 1. The number of benzene rings is 2. The Morgan fingerprint density at radius 1 is 1.13 bits per heavy atom. The van der Waals surface area contributed by atoms with E-state index in [1.165, 1.54) is 0 Å². The van der Waals surface area contributed by atoms with E-state index in [1.807, 2.05) is 30.3 Å². The second-order valence-electron chi connectivity index (χ2n) is 5.38. The van der Waals surface area contributed by atoms with Gasteiger partial charge in [-0.15, -0.1) is 0 Å². The lowest BCUT2D eigenvalue weighted by Crippen LogP contribution is -2.21.